The molecule has 0 aromatic heterocycles. The Morgan fingerprint density at radius 2 is 1.56 bits per heavy atom. The van der Waals surface area contributed by atoms with E-state index in [2.05, 4.69) is 22.8 Å². The van der Waals surface area contributed by atoms with Crippen molar-refractivity contribution in [3.05, 3.63) is 60.2 Å². The minimum Gasteiger partial charge on any atom is -0.381 e. The maximum atomic E-state index is 10.7. The van der Waals surface area contributed by atoms with Crippen LogP contribution in [0.1, 0.15) is 5.56 Å². The summed E-state index contributed by atoms with van der Waals surface area (Å²) in [6, 6.07) is 17.0. The SMILES string of the molecule is NC(=O)Nc1ccc(NCc2ccccc2)cc1. The van der Waals surface area contributed by atoms with Crippen LogP contribution in [0.3, 0.4) is 0 Å². The predicted octanol–water partition coefficient (Wildman–Crippen LogP) is 2.79. The second-order valence-electron chi connectivity index (χ2n) is 3.91. The Labute approximate surface area is 106 Å². The molecule has 2 amide bonds. The first-order valence-corrected chi connectivity index (χ1v) is 5.68. The highest BCUT2D eigenvalue weighted by molar-refractivity contribution is 5.87. The third kappa shape index (κ3) is 3.52. The van der Waals surface area contributed by atoms with Gasteiger partial charge in [-0.2, -0.15) is 0 Å². The van der Waals surface area contributed by atoms with Gasteiger partial charge >= 0.3 is 6.03 Å². The van der Waals surface area contributed by atoms with Crippen LogP contribution in [-0.4, -0.2) is 6.03 Å². The highest BCUT2D eigenvalue weighted by Gasteiger charge is 1.97. The van der Waals surface area contributed by atoms with Crippen molar-refractivity contribution in [3.8, 4) is 0 Å². The Balaban J connectivity index is 1.92. The molecule has 4 heteroatoms. The van der Waals surface area contributed by atoms with Gasteiger partial charge in [-0.15, -0.1) is 0 Å². The van der Waals surface area contributed by atoms with Gasteiger partial charge in [-0.3, -0.25) is 0 Å². The minimum atomic E-state index is -0.556. The number of carbonyl (C=O) groups is 1. The molecule has 0 bridgehead atoms. The molecule has 0 saturated carbocycles. The van der Waals surface area contributed by atoms with E-state index in [9.17, 15) is 4.79 Å². The molecule has 0 atom stereocenters. The molecule has 0 radical (unpaired) electrons. The van der Waals surface area contributed by atoms with E-state index in [4.69, 9.17) is 5.73 Å². The molecule has 0 heterocycles. The van der Waals surface area contributed by atoms with Crippen molar-refractivity contribution in [2.24, 2.45) is 5.73 Å². The molecule has 0 fully saturated rings. The third-order valence-electron chi connectivity index (χ3n) is 2.49. The molecular formula is C14H15N3O. The van der Waals surface area contributed by atoms with Crippen molar-refractivity contribution < 1.29 is 4.79 Å². The van der Waals surface area contributed by atoms with E-state index in [1.54, 1.807) is 12.1 Å². The monoisotopic (exact) mass is 241 g/mol. The molecule has 92 valence electrons. The zero-order valence-electron chi connectivity index (χ0n) is 9.89. The molecule has 0 spiro atoms. The van der Waals surface area contributed by atoms with E-state index < -0.39 is 6.03 Å². The first-order valence-electron chi connectivity index (χ1n) is 5.68. The molecule has 2 aromatic rings. The molecule has 0 aliphatic rings. The summed E-state index contributed by atoms with van der Waals surface area (Å²) in [4.78, 5) is 10.7. The number of anilines is 2. The molecule has 18 heavy (non-hydrogen) atoms. The van der Waals surface area contributed by atoms with E-state index in [0.29, 0.717) is 5.69 Å². The van der Waals surface area contributed by atoms with Crippen LogP contribution in [0.4, 0.5) is 16.2 Å². The number of benzene rings is 2. The number of hydrogen-bond donors (Lipinski definition) is 3. The number of urea groups is 1. The van der Waals surface area contributed by atoms with Crippen molar-refractivity contribution in [2.75, 3.05) is 10.6 Å². The van der Waals surface area contributed by atoms with Gasteiger partial charge in [0.25, 0.3) is 0 Å². The minimum absolute atomic E-state index is 0.556. The number of rotatable bonds is 4. The summed E-state index contributed by atoms with van der Waals surface area (Å²) in [5, 5.41) is 5.81. The Morgan fingerprint density at radius 3 is 2.17 bits per heavy atom. The van der Waals surface area contributed by atoms with Crippen LogP contribution < -0.4 is 16.4 Å². The lowest BCUT2D eigenvalue weighted by Crippen LogP contribution is -2.19. The van der Waals surface area contributed by atoms with Crippen molar-refractivity contribution >= 4 is 17.4 Å². The predicted molar refractivity (Wildman–Crippen MR) is 73.4 cm³/mol. The fraction of sp³-hybridized carbons (Fsp3) is 0.0714. The topological polar surface area (TPSA) is 67.2 Å². The average Bonchev–Trinajstić information content (AvgIpc) is 2.38. The lowest BCUT2D eigenvalue weighted by molar-refractivity contribution is 0.259. The smallest absolute Gasteiger partial charge is 0.316 e. The Bertz CT molecular complexity index is 508. The molecule has 0 unspecified atom stereocenters. The Kier molecular flexibility index (Phi) is 3.81. The summed E-state index contributed by atoms with van der Waals surface area (Å²) >= 11 is 0. The summed E-state index contributed by atoms with van der Waals surface area (Å²) in [7, 11) is 0. The van der Waals surface area contributed by atoms with E-state index >= 15 is 0 Å². The zero-order chi connectivity index (χ0) is 12.8. The standard InChI is InChI=1S/C14H15N3O/c15-14(18)17-13-8-6-12(7-9-13)16-10-11-4-2-1-3-5-11/h1-9,16H,10H2,(H3,15,17,18). The molecule has 4 N–H and O–H groups in total. The van der Waals surface area contributed by atoms with Crippen LogP contribution in [0.5, 0.6) is 0 Å². The van der Waals surface area contributed by atoms with Gasteiger partial charge in [0.2, 0.25) is 0 Å². The number of nitrogens with two attached hydrogens (primary N) is 1. The molecule has 0 aliphatic heterocycles. The van der Waals surface area contributed by atoms with Gasteiger partial charge in [0.05, 0.1) is 0 Å². The van der Waals surface area contributed by atoms with E-state index in [0.717, 1.165) is 12.2 Å². The van der Waals surface area contributed by atoms with Crippen LogP contribution >= 0.6 is 0 Å². The van der Waals surface area contributed by atoms with Gasteiger partial charge in [0.1, 0.15) is 0 Å². The average molecular weight is 241 g/mol. The first kappa shape index (κ1) is 12.0. The van der Waals surface area contributed by atoms with Crippen LogP contribution in [-0.2, 0) is 6.54 Å². The lowest BCUT2D eigenvalue weighted by Gasteiger charge is -2.07. The molecule has 2 rings (SSSR count). The third-order valence-corrected chi connectivity index (χ3v) is 2.49. The van der Waals surface area contributed by atoms with Gasteiger partial charge in [-0.05, 0) is 29.8 Å². The van der Waals surface area contributed by atoms with Gasteiger partial charge in [0, 0.05) is 17.9 Å². The van der Waals surface area contributed by atoms with E-state index in [-0.39, 0.29) is 0 Å². The Hall–Kier alpha value is -2.49. The molecule has 4 nitrogen and oxygen atoms in total. The zero-order valence-corrected chi connectivity index (χ0v) is 9.89. The van der Waals surface area contributed by atoms with Crippen molar-refractivity contribution in [1.29, 1.82) is 0 Å². The highest BCUT2D eigenvalue weighted by Crippen LogP contribution is 2.14. The summed E-state index contributed by atoms with van der Waals surface area (Å²) in [5.74, 6) is 0. The molecule has 0 saturated heterocycles. The van der Waals surface area contributed by atoms with E-state index in [1.165, 1.54) is 5.56 Å². The van der Waals surface area contributed by atoms with Gasteiger partial charge in [0.15, 0.2) is 0 Å². The van der Waals surface area contributed by atoms with Crippen LogP contribution in [0, 0.1) is 0 Å². The van der Waals surface area contributed by atoms with Crippen LogP contribution in [0.2, 0.25) is 0 Å². The molecule has 2 aromatic carbocycles. The van der Waals surface area contributed by atoms with E-state index in [1.807, 2.05) is 30.3 Å². The normalized spacial score (nSPS) is 9.78. The summed E-state index contributed by atoms with van der Waals surface area (Å²) in [6.07, 6.45) is 0. The second-order valence-corrected chi connectivity index (χ2v) is 3.91. The highest BCUT2D eigenvalue weighted by atomic mass is 16.2. The molecular weight excluding hydrogens is 226 g/mol. The maximum absolute atomic E-state index is 10.7. The van der Waals surface area contributed by atoms with Crippen molar-refractivity contribution in [2.45, 2.75) is 6.54 Å². The number of hydrogen-bond acceptors (Lipinski definition) is 2. The van der Waals surface area contributed by atoms with Crippen molar-refractivity contribution in [1.82, 2.24) is 0 Å². The van der Waals surface area contributed by atoms with Crippen molar-refractivity contribution in [3.63, 3.8) is 0 Å². The Morgan fingerprint density at radius 1 is 0.944 bits per heavy atom. The van der Waals surface area contributed by atoms with Crippen LogP contribution in [0.25, 0.3) is 0 Å². The fourth-order valence-electron chi connectivity index (χ4n) is 1.61. The van der Waals surface area contributed by atoms with Gasteiger partial charge in [-0.1, -0.05) is 30.3 Å². The van der Waals surface area contributed by atoms with Gasteiger partial charge < -0.3 is 16.4 Å². The first-order chi connectivity index (χ1) is 8.74. The quantitative estimate of drug-likeness (QED) is 0.770. The largest absolute Gasteiger partial charge is 0.381 e. The number of nitrogens with one attached hydrogen (secondary N) is 2. The maximum Gasteiger partial charge on any atom is 0.316 e. The number of carbonyl (C=O) groups excluding carboxylic acids is 1. The van der Waals surface area contributed by atoms with Gasteiger partial charge in [-0.25, -0.2) is 4.79 Å². The number of primary amides is 1. The lowest BCUT2D eigenvalue weighted by atomic mass is 10.2. The summed E-state index contributed by atoms with van der Waals surface area (Å²) < 4.78 is 0. The second kappa shape index (κ2) is 5.72. The summed E-state index contributed by atoms with van der Waals surface area (Å²) in [5.41, 5.74) is 7.93. The molecule has 0 aliphatic carbocycles. The number of amides is 2. The fourth-order valence-corrected chi connectivity index (χ4v) is 1.61. The van der Waals surface area contributed by atoms with Crippen LogP contribution in [0.15, 0.2) is 54.6 Å². The summed E-state index contributed by atoms with van der Waals surface area (Å²) in [6.45, 7) is 0.767.